The molecule has 2 rings (SSSR count). The van der Waals surface area contributed by atoms with Crippen molar-refractivity contribution in [2.45, 2.75) is 25.3 Å². The molecule has 1 fully saturated rings. The molecule has 1 saturated heterocycles. The van der Waals surface area contributed by atoms with Gasteiger partial charge in [0.15, 0.2) is 5.76 Å². The van der Waals surface area contributed by atoms with E-state index >= 15 is 0 Å². The highest BCUT2D eigenvalue weighted by molar-refractivity contribution is 5.95. The molecule has 0 aliphatic carbocycles. The number of carbonyl (C=O) groups is 2. The van der Waals surface area contributed by atoms with Gasteiger partial charge in [-0.1, -0.05) is 0 Å². The van der Waals surface area contributed by atoms with Crippen molar-refractivity contribution in [1.82, 2.24) is 10.2 Å². The fourth-order valence-corrected chi connectivity index (χ4v) is 2.30. The summed E-state index contributed by atoms with van der Waals surface area (Å²) in [6.07, 6.45) is 4.00. The molecule has 7 heteroatoms. The first-order valence-electron chi connectivity index (χ1n) is 6.56. The molecule has 1 aromatic heterocycles. The maximum atomic E-state index is 12.3. The lowest BCUT2D eigenvalue weighted by atomic mass is 10.0. The Hall–Kier alpha value is -1.53. The Morgan fingerprint density at radius 2 is 2.25 bits per heavy atom. The van der Waals surface area contributed by atoms with Gasteiger partial charge in [0, 0.05) is 19.6 Å². The molecular weight excluding hydrogens is 282 g/mol. The van der Waals surface area contributed by atoms with Gasteiger partial charge in [0.1, 0.15) is 6.04 Å². The lowest BCUT2D eigenvalue weighted by Gasteiger charge is -2.34. The molecular formula is C13H20ClN3O3. The summed E-state index contributed by atoms with van der Waals surface area (Å²) >= 11 is 0. The van der Waals surface area contributed by atoms with Crippen LogP contribution in [-0.2, 0) is 4.79 Å². The summed E-state index contributed by atoms with van der Waals surface area (Å²) in [7, 11) is 0. The van der Waals surface area contributed by atoms with Gasteiger partial charge in [0.25, 0.3) is 5.91 Å². The molecule has 0 bridgehead atoms. The molecule has 1 atom stereocenters. The zero-order chi connectivity index (χ0) is 13.7. The summed E-state index contributed by atoms with van der Waals surface area (Å²) in [4.78, 5) is 25.9. The van der Waals surface area contributed by atoms with E-state index in [4.69, 9.17) is 10.2 Å². The average Bonchev–Trinajstić information content (AvgIpc) is 2.98. The number of nitrogens with zero attached hydrogens (tertiary/aromatic N) is 1. The van der Waals surface area contributed by atoms with Crippen LogP contribution in [0.4, 0.5) is 0 Å². The Morgan fingerprint density at radius 3 is 2.90 bits per heavy atom. The van der Waals surface area contributed by atoms with Gasteiger partial charge in [0.2, 0.25) is 5.91 Å². The number of amides is 2. The van der Waals surface area contributed by atoms with Crippen molar-refractivity contribution < 1.29 is 14.0 Å². The maximum absolute atomic E-state index is 12.3. The van der Waals surface area contributed by atoms with Crippen LogP contribution < -0.4 is 11.1 Å². The van der Waals surface area contributed by atoms with E-state index in [1.165, 1.54) is 6.26 Å². The van der Waals surface area contributed by atoms with Crippen molar-refractivity contribution >= 4 is 24.2 Å². The molecule has 1 aliphatic heterocycles. The molecule has 2 heterocycles. The zero-order valence-electron chi connectivity index (χ0n) is 11.2. The van der Waals surface area contributed by atoms with Gasteiger partial charge in [-0.05, 0) is 31.4 Å². The molecule has 0 spiro atoms. The third kappa shape index (κ3) is 3.74. The second kappa shape index (κ2) is 7.91. The molecule has 2 amide bonds. The molecule has 112 valence electrons. The number of nitrogens with two attached hydrogens (primary N) is 1. The number of piperidine rings is 1. The minimum atomic E-state index is -0.419. The molecule has 6 nitrogen and oxygen atoms in total. The van der Waals surface area contributed by atoms with Crippen LogP contribution >= 0.6 is 12.4 Å². The van der Waals surface area contributed by atoms with E-state index in [0.717, 1.165) is 12.8 Å². The molecule has 20 heavy (non-hydrogen) atoms. The van der Waals surface area contributed by atoms with Crippen LogP contribution in [0, 0.1) is 0 Å². The zero-order valence-corrected chi connectivity index (χ0v) is 12.0. The van der Waals surface area contributed by atoms with E-state index in [0.29, 0.717) is 26.1 Å². The first-order valence-corrected chi connectivity index (χ1v) is 6.56. The van der Waals surface area contributed by atoms with E-state index in [9.17, 15) is 9.59 Å². The van der Waals surface area contributed by atoms with E-state index in [1.807, 2.05) is 0 Å². The normalized spacial score (nSPS) is 18.2. The van der Waals surface area contributed by atoms with Gasteiger partial charge in [0.05, 0.1) is 6.26 Å². The summed E-state index contributed by atoms with van der Waals surface area (Å²) in [6, 6.07) is 2.87. The van der Waals surface area contributed by atoms with E-state index in [2.05, 4.69) is 5.32 Å². The minimum Gasteiger partial charge on any atom is -0.459 e. The van der Waals surface area contributed by atoms with Crippen LogP contribution in [0.5, 0.6) is 0 Å². The fraction of sp³-hybridized carbons (Fsp3) is 0.538. The summed E-state index contributed by atoms with van der Waals surface area (Å²) < 4.78 is 5.11. The van der Waals surface area contributed by atoms with Gasteiger partial charge in [-0.2, -0.15) is 0 Å². The number of carbonyl (C=O) groups excluding carboxylic acids is 2. The van der Waals surface area contributed by atoms with Gasteiger partial charge in [-0.25, -0.2) is 0 Å². The van der Waals surface area contributed by atoms with E-state index in [-0.39, 0.29) is 30.0 Å². The van der Waals surface area contributed by atoms with Gasteiger partial charge >= 0.3 is 0 Å². The van der Waals surface area contributed by atoms with Crippen molar-refractivity contribution in [1.29, 1.82) is 0 Å². The summed E-state index contributed by atoms with van der Waals surface area (Å²) in [5, 5.41) is 2.74. The average molecular weight is 302 g/mol. The third-order valence-corrected chi connectivity index (χ3v) is 3.24. The number of rotatable bonds is 4. The number of furan rings is 1. The topological polar surface area (TPSA) is 88.6 Å². The Labute approximate surface area is 124 Å². The number of nitrogens with one attached hydrogen (secondary N) is 1. The third-order valence-electron chi connectivity index (χ3n) is 3.24. The fourth-order valence-electron chi connectivity index (χ4n) is 2.30. The minimum absolute atomic E-state index is 0. The lowest BCUT2D eigenvalue weighted by molar-refractivity contribution is -0.126. The lowest BCUT2D eigenvalue weighted by Crippen LogP contribution is -2.52. The molecule has 1 unspecified atom stereocenters. The quantitative estimate of drug-likeness (QED) is 0.860. The van der Waals surface area contributed by atoms with Gasteiger partial charge < -0.3 is 20.4 Å². The highest BCUT2D eigenvalue weighted by Crippen LogP contribution is 2.20. The summed E-state index contributed by atoms with van der Waals surface area (Å²) in [5.41, 5.74) is 5.37. The van der Waals surface area contributed by atoms with Crippen molar-refractivity contribution in [3.05, 3.63) is 24.2 Å². The molecule has 1 aliphatic rings. The Balaban J connectivity index is 0.00000200. The van der Waals surface area contributed by atoms with Crippen LogP contribution in [0.2, 0.25) is 0 Å². The molecule has 1 aromatic rings. The first kappa shape index (κ1) is 16.5. The number of likely N-dealkylation sites (tertiary alicyclic amines) is 1. The Kier molecular flexibility index (Phi) is 6.54. The van der Waals surface area contributed by atoms with E-state index < -0.39 is 6.04 Å². The summed E-state index contributed by atoms with van der Waals surface area (Å²) in [5.74, 6) is -0.0822. The maximum Gasteiger partial charge on any atom is 0.290 e. The summed E-state index contributed by atoms with van der Waals surface area (Å²) in [6.45, 7) is 1.41. The smallest absolute Gasteiger partial charge is 0.290 e. The highest BCUT2D eigenvalue weighted by atomic mass is 35.5. The van der Waals surface area contributed by atoms with Gasteiger partial charge in [-0.3, -0.25) is 9.59 Å². The van der Waals surface area contributed by atoms with Crippen LogP contribution in [-0.4, -0.2) is 42.4 Å². The largest absolute Gasteiger partial charge is 0.459 e. The van der Waals surface area contributed by atoms with Gasteiger partial charge in [-0.15, -0.1) is 12.4 Å². The Bertz CT molecular complexity index is 436. The molecule has 0 aromatic carbocycles. The van der Waals surface area contributed by atoms with Crippen LogP contribution in [0.1, 0.15) is 29.8 Å². The number of halogens is 1. The Morgan fingerprint density at radius 1 is 1.45 bits per heavy atom. The van der Waals surface area contributed by atoms with Crippen LogP contribution in [0.15, 0.2) is 22.8 Å². The first-order chi connectivity index (χ1) is 9.24. The standard InChI is InChI=1S/C13H19N3O3.ClH/c14-6-7-15-12(17)10-4-1-2-8-16(10)13(18)11-5-3-9-19-11;/h3,5,9-10H,1-2,4,6-8,14H2,(H,15,17);1H. The second-order valence-corrected chi connectivity index (χ2v) is 4.57. The van der Waals surface area contributed by atoms with Crippen LogP contribution in [0.3, 0.4) is 0 Å². The van der Waals surface area contributed by atoms with Crippen molar-refractivity contribution in [3.63, 3.8) is 0 Å². The van der Waals surface area contributed by atoms with Crippen molar-refractivity contribution in [2.75, 3.05) is 19.6 Å². The predicted octanol–water partition coefficient (Wildman–Crippen LogP) is 0.771. The molecule has 0 saturated carbocycles. The molecule has 0 radical (unpaired) electrons. The second-order valence-electron chi connectivity index (χ2n) is 4.57. The SMILES string of the molecule is Cl.NCCNC(=O)C1CCCCN1C(=O)c1ccco1. The predicted molar refractivity (Wildman–Crippen MR) is 76.7 cm³/mol. The highest BCUT2D eigenvalue weighted by Gasteiger charge is 2.33. The number of hydrogen-bond acceptors (Lipinski definition) is 4. The van der Waals surface area contributed by atoms with Crippen molar-refractivity contribution in [2.24, 2.45) is 5.73 Å². The number of hydrogen-bond donors (Lipinski definition) is 2. The molecule has 3 N–H and O–H groups in total. The van der Waals surface area contributed by atoms with Crippen LogP contribution in [0.25, 0.3) is 0 Å². The van der Waals surface area contributed by atoms with Crippen molar-refractivity contribution in [3.8, 4) is 0 Å². The monoisotopic (exact) mass is 301 g/mol. The van der Waals surface area contributed by atoms with E-state index in [1.54, 1.807) is 17.0 Å².